The van der Waals surface area contributed by atoms with Crippen LogP contribution < -0.4 is 14.8 Å². The van der Waals surface area contributed by atoms with Gasteiger partial charge in [0.2, 0.25) is 0 Å². The highest BCUT2D eigenvalue weighted by molar-refractivity contribution is 6.31. The summed E-state index contributed by atoms with van der Waals surface area (Å²) < 4.78 is 40.4. The number of halogens is 3. The molecule has 0 unspecified atom stereocenters. The Bertz CT molecular complexity index is 1020. The van der Waals surface area contributed by atoms with Gasteiger partial charge in [-0.1, -0.05) is 23.7 Å². The second-order valence-electron chi connectivity index (χ2n) is 9.38. The average Bonchev–Trinajstić information content (AvgIpc) is 3.10. The van der Waals surface area contributed by atoms with E-state index in [-0.39, 0.29) is 35.9 Å². The maximum Gasteiger partial charge on any atom is 0.253 e. The van der Waals surface area contributed by atoms with Crippen molar-refractivity contribution < 1.29 is 23.0 Å². The van der Waals surface area contributed by atoms with E-state index in [1.54, 1.807) is 4.90 Å². The Balaban J connectivity index is 1.20. The molecule has 2 aliphatic rings. The van der Waals surface area contributed by atoms with Crippen molar-refractivity contribution in [1.82, 2.24) is 10.2 Å². The van der Waals surface area contributed by atoms with E-state index in [4.69, 9.17) is 21.1 Å². The summed E-state index contributed by atoms with van der Waals surface area (Å²) in [6.07, 6.45) is 1.31. The van der Waals surface area contributed by atoms with E-state index >= 15 is 4.39 Å². The molecule has 5 nitrogen and oxygen atoms in total. The van der Waals surface area contributed by atoms with Crippen molar-refractivity contribution in [2.45, 2.75) is 44.4 Å². The van der Waals surface area contributed by atoms with Crippen LogP contribution in [-0.2, 0) is 6.42 Å². The van der Waals surface area contributed by atoms with Crippen LogP contribution >= 0.6 is 11.6 Å². The van der Waals surface area contributed by atoms with Crippen molar-refractivity contribution in [2.75, 3.05) is 32.8 Å². The maximum absolute atomic E-state index is 15.2. The molecule has 0 radical (unpaired) electrons. The zero-order chi connectivity index (χ0) is 23.6. The fraction of sp³-hybridized carbons (Fsp3) is 0.480. The van der Waals surface area contributed by atoms with Crippen LogP contribution in [0.15, 0.2) is 36.4 Å². The number of likely N-dealkylation sites (tertiary alicyclic amines) is 1. The second-order valence-corrected chi connectivity index (χ2v) is 9.79. The Labute approximate surface area is 198 Å². The first-order valence-corrected chi connectivity index (χ1v) is 11.6. The highest BCUT2D eigenvalue weighted by Crippen LogP contribution is 2.41. The van der Waals surface area contributed by atoms with Crippen LogP contribution in [0.5, 0.6) is 11.5 Å². The number of ether oxygens (including phenoxy) is 2. The predicted molar refractivity (Wildman–Crippen MR) is 124 cm³/mol. The summed E-state index contributed by atoms with van der Waals surface area (Å²) in [5, 5.41) is 3.04. The number of carbonyl (C=O) groups is 1. The van der Waals surface area contributed by atoms with E-state index in [0.29, 0.717) is 37.6 Å². The van der Waals surface area contributed by atoms with Gasteiger partial charge in [0, 0.05) is 56.6 Å². The van der Waals surface area contributed by atoms with Crippen LogP contribution in [0.4, 0.5) is 8.78 Å². The van der Waals surface area contributed by atoms with Gasteiger partial charge in [-0.05, 0) is 38.1 Å². The lowest BCUT2D eigenvalue weighted by atomic mass is 9.93. The van der Waals surface area contributed by atoms with Crippen molar-refractivity contribution in [3.8, 4) is 11.5 Å². The van der Waals surface area contributed by atoms with Crippen LogP contribution in [0.3, 0.4) is 0 Å². The normalized spacial score (nSPS) is 18.5. The van der Waals surface area contributed by atoms with Crippen LogP contribution in [0.2, 0.25) is 5.02 Å². The molecule has 2 aromatic carbocycles. The lowest BCUT2D eigenvalue weighted by Crippen LogP contribution is -2.49. The zero-order valence-electron chi connectivity index (χ0n) is 18.9. The molecular formula is C25H29ClF2N2O3. The molecule has 4 rings (SSSR count). The summed E-state index contributed by atoms with van der Waals surface area (Å²) in [6.45, 7) is 5.77. The molecule has 8 heteroatoms. The van der Waals surface area contributed by atoms with E-state index in [1.165, 1.54) is 18.2 Å². The number of nitrogens with one attached hydrogen (secondary N) is 1. The molecule has 1 amide bonds. The lowest BCUT2D eigenvalue weighted by molar-refractivity contribution is 0.0433. The molecule has 0 bridgehead atoms. The molecule has 0 aliphatic carbocycles. The van der Waals surface area contributed by atoms with Gasteiger partial charge in [0.1, 0.15) is 23.7 Å². The Morgan fingerprint density at radius 1 is 1.24 bits per heavy atom. The van der Waals surface area contributed by atoms with Gasteiger partial charge in [0.15, 0.2) is 11.5 Å². The first kappa shape index (κ1) is 23.8. The number of nitrogens with zero attached hydrogens (tertiary/aromatic N) is 1. The van der Waals surface area contributed by atoms with Crippen molar-refractivity contribution in [3.05, 3.63) is 58.4 Å². The fourth-order valence-electron chi connectivity index (χ4n) is 4.35. The highest BCUT2D eigenvalue weighted by Gasteiger charge is 2.36. The van der Waals surface area contributed by atoms with E-state index in [2.05, 4.69) is 5.32 Å². The summed E-state index contributed by atoms with van der Waals surface area (Å²) in [5.41, 5.74) is -0.182. The van der Waals surface area contributed by atoms with Gasteiger partial charge >= 0.3 is 0 Å². The smallest absolute Gasteiger partial charge is 0.253 e. The van der Waals surface area contributed by atoms with Crippen molar-refractivity contribution in [2.24, 2.45) is 0 Å². The van der Waals surface area contributed by atoms with E-state index < -0.39 is 11.5 Å². The molecule has 2 aliphatic heterocycles. The summed E-state index contributed by atoms with van der Waals surface area (Å²) in [6, 6.07) is 9.77. The molecule has 2 aromatic rings. The van der Waals surface area contributed by atoms with Gasteiger partial charge in [-0.25, -0.2) is 8.78 Å². The molecule has 2 heterocycles. The van der Waals surface area contributed by atoms with Gasteiger partial charge in [0.05, 0.1) is 5.02 Å². The monoisotopic (exact) mass is 478 g/mol. The molecule has 178 valence electrons. The second kappa shape index (κ2) is 9.47. The Hall–Kier alpha value is -2.38. The Morgan fingerprint density at radius 2 is 2.00 bits per heavy atom. The summed E-state index contributed by atoms with van der Waals surface area (Å²) in [5.74, 6) is 0.672. The van der Waals surface area contributed by atoms with Crippen LogP contribution in [-0.4, -0.2) is 54.9 Å². The van der Waals surface area contributed by atoms with Crippen molar-refractivity contribution in [1.29, 1.82) is 0 Å². The third kappa shape index (κ3) is 5.58. The summed E-state index contributed by atoms with van der Waals surface area (Å²) in [7, 11) is 0. The van der Waals surface area contributed by atoms with Crippen LogP contribution in [0.1, 0.15) is 42.6 Å². The first-order chi connectivity index (χ1) is 15.7. The number of hydrogen-bond acceptors (Lipinski definition) is 4. The number of piperidine rings is 1. The average molecular weight is 479 g/mol. The molecule has 1 fully saturated rings. The van der Waals surface area contributed by atoms with Crippen LogP contribution in [0, 0.1) is 5.82 Å². The largest absolute Gasteiger partial charge is 0.488 e. The molecule has 33 heavy (non-hydrogen) atoms. The third-order valence-electron chi connectivity index (χ3n) is 6.15. The number of hydrogen-bond donors (Lipinski definition) is 1. The summed E-state index contributed by atoms with van der Waals surface area (Å²) >= 11 is 5.77. The molecular weight excluding hydrogens is 450 g/mol. The molecule has 1 saturated heterocycles. The highest BCUT2D eigenvalue weighted by atomic mass is 35.5. The van der Waals surface area contributed by atoms with Gasteiger partial charge in [-0.15, -0.1) is 0 Å². The summed E-state index contributed by atoms with van der Waals surface area (Å²) in [4.78, 5) is 14.2. The number of rotatable bonds is 7. The topological polar surface area (TPSA) is 50.8 Å². The molecule has 1 N–H and O–H groups in total. The minimum absolute atomic E-state index is 0.0974. The lowest BCUT2D eigenvalue weighted by Gasteiger charge is -2.36. The SMILES string of the molecule is CC1(C)Cc2cccc(OCCNCC3(F)CCN(C(=O)c4ccc(F)c(Cl)c4)CC3)c2O1. The molecule has 0 spiro atoms. The van der Waals surface area contributed by atoms with E-state index in [1.807, 2.05) is 32.0 Å². The fourth-order valence-corrected chi connectivity index (χ4v) is 4.53. The number of amides is 1. The number of benzene rings is 2. The van der Waals surface area contributed by atoms with E-state index in [0.717, 1.165) is 17.7 Å². The van der Waals surface area contributed by atoms with Gasteiger partial charge < -0.3 is 19.7 Å². The predicted octanol–water partition coefficient (Wildman–Crippen LogP) is 4.81. The Kier molecular flexibility index (Phi) is 6.82. The maximum atomic E-state index is 15.2. The first-order valence-electron chi connectivity index (χ1n) is 11.2. The molecule has 0 aromatic heterocycles. The minimum Gasteiger partial charge on any atom is -0.488 e. The van der Waals surface area contributed by atoms with Gasteiger partial charge in [-0.3, -0.25) is 4.79 Å². The number of carbonyl (C=O) groups excluding carboxylic acids is 1. The standard InChI is InChI=1S/C25H29ClF2N2O3/c1-24(2)15-18-4-3-5-21(22(18)33-24)32-13-10-29-16-25(28)8-11-30(12-9-25)23(31)17-6-7-20(27)19(26)14-17/h3-7,14,29H,8-13,15-16H2,1-2H3. The number of fused-ring (bicyclic) bond motifs is 1. The third-order valence-corrected chi connectivity index (χ3v) is 6.44. The molecule has 0 atom stereocenters. The Morgan fingerprint density at radius 3 is 2.73 bits per heavy atom. The van der Waals surface area contributed by atoms with E-state index in [9.17, 15) is 9.18 Å². The zero-order valence-corrected chi connectivity index (χ0v) is 19.7. The molecule has 0 saturated carbocycles. The van der Waals surface area contributed by atoms with Crippen LogP contribution in [0.25, 0.3) is 0 Å². The quantitative estimate of drug-likeness (QED) is 0.580. The van der Waals surface area contributed by atoms with Gasteiger partial charge in [0.25, 0.3) is 5.91 Å². The number of alkyl halides is 1. The van der Waals surface area contributed by atoms with Crippen molar-refractivity contribution in [3.63, 3.8) is 0 Å². The van der Waals surface area contributed by atoms with Gasteiger partial charge in [-0.2, -0.15) is 0 Å². The minimum atomic E-state index is -1.39. The number of para-hydroxylation sites is 1. The van der Waals surface area contributed by atoms with Crippen molar-refractivity contribution >= 4 is 17.5 Å².